The molecule has 0 spiro atoms. The van der Waals surface area contributed by atoms with E-state index < -0.39 is 0 Å². The van der Waals surface area contributed by atoms with Crippen molar-refractivity contribution in [3.63, 3.8) is 0 Å². The number of nitrogens with zero attached hydrogens (tertiary/aromatic N) is 2. The molecule has 6 nitrogen and oxygen atoms in total. The van der Waals surface area contributed by atoms with Crippen LogP contribution in [0.2, 0.25) is 0 Å². The topological polar surface area (TPSA) is 84.2 Å². The summed E-state index contributed by atoms with van der Waals surface area (Å²) in [6.07, 6.45) is 3.37. The van der Waals surface area contributed by atoms with Gasteiger partial charge >= 0.3 is 0 Å². The maximum Gasteiger partial charge on any atom is 0.256 e. The number of nitrogens with one attached hydrogen (secondary N) is 1. The molecule has 100 valence electrons. The number of H-pyrrole nitrogens is 1. The number of ether oxygens (including phenoxy) is 1. The van der Waals surface area contributed by atoms with E-state index in [4.69, 9.17) is 10.5 Å². The Bertz CT molecular complexity index is 566. The van der Waals surface area contributed by atoms with Crippen molar-refractivity contribution in [2.24, 2.45) is 0 Å². The van der Waals surface area contributed by atoms with Crippen LogP contribution < -0.4 is 10.5 Å². The Balaban J connectivity index is 2.14. The number of hydrogen-bond donors (Lipinski definition) is 2. The van der Waals surface area contributed by atoms with Crippen molar-refractivity contribution in [2.45, 2.75) is 6.54 Å². The Hall–Kier alpha value is -2.50. The van der Waals surface area contributed by atoms with Crippen LogP contribution in [0.25, 0.3) is 0 Å². The molecular formula is C13H16N4O2. The number of aromatic amines is 1. The second-order valence-electron chi connectivity index (χ2n) is 4.15. The van der Waals surface area contributed by atoms with Gasteiger partial charge in [-0.15, -0.1) is 0 Å². The fourth-order valence-corrected chi connectivity index (χ4v) is 1.75. The Morgan fingerprint density at radius 2 is 2.32 bits per heavy atom. The predicted molar refractivity (Wildman–Crippen MR) is 71.8 cm³/mol. The third-order valence-corrected chi connectivity index (χ3v) is 2.78. The van der Waals surface area contributed by atoms with E-state index in [-0.39, 0.29) is 5.91 Å². The first-order valence-corrected chi connectivity index (χ1v) is 5.79. The minimum absolute atomic E-state index is 0.156. The first-order valence-electron chi connectivity index (χ1n) is 5.79. The lowest BCUT2D eigenvalue weighted by Gasteiger charge is -2.17. The Kier molecular flexibility index (Phi) is 3.70. The van der Waals surface area contributed by atoms with Crippen molar-refractivity contribution >= 4 is 11.6 Å². The van der Waals surface area contributed by atoms with Crippen molar-refractivity contribution in [3.8, 4) is 5.75 Å². The summed E-state index contributed by atoms with van der Waals surface area (Å²) in [5, 5.41) is 0. The largest absolute Gasteiger partial charge is 0.497 e. The molecule has 3 N–H and O–H groups in total. The van der Waals surface area contributed by atoms with Gasteiger partial charge in [0.1, 0.15) is 11.6 Å². The molecule has 0 radical (unpaired) electrons. The van der Waals surface area contributed by atoms with Crippen LogP contribution in [-0.4, -0.2) is 34.9 Å². The van der Waals surface area contributed by atoms with Gasteiger partial charge in [0.2, 0.25) is 0 Å². The SMILES string of the molecule is COc1ccc(C(=O)N(C)Cc2ncc[nH]2)c(N)c1. The van der Waals surface area contributed by atoms with E-state index in [0.717, 1.165) is 5.82 Å². The molecule has 0 saturated carbocycles. The van der Waals surface area contributed by atoms with E-state index in [0.29, 0.717) is 23.5 Å². The number of imidazole rings is 1. The van der Waals surface area contributed by atoms with Gasteiger partial charge in [0.25, 0.3) is 5.91 Å². The van der Waals surface area contributed by atoms with Crippen molar-refractivity contribution in [1.29, 1.82) is 0 Å². The average Bonchev–Trinajstić information content (AvgIpc) is 2.90. The predicted octanol–water partition coefficient (Wildman–Crippen LogP) is 1.27. The van der Waals surface area contributed by atoms with Gasteiger partial charge in [-0.1, -0.05) is 0 Å². The summed E-state index contributed by atoms with van der Waals surface area (Å²) < 4.78 is 5.06. The molecule has 0 aliphatic heterocycles. The van der Waals surface area contributed by atoms with Gasteiger partial charge in [-0.2, -0.15) is 0 Å². The second-order valence-corrected chi connectivity index (χ2v) is 4.15. The molecule has 0 atom stereocenters. The maximum absolute atomic E-state index is 12.3. The standard InChI is InChI=1S/C13H16N4O2/c1-17(8-12-15-5-6-16-12)13(18)10-4-3-9(19-2)7-11(10)14/h3-7H,8,14H2,1-2H3,(H,15,16). The van der Waals surface area contributed by atoms with Gasteiger partial charge in [-0.3, -0.25) is 4.79 Å². The molecule has 1 heterocycles. The van der Waals surface area contributed by atoms with E-state index >= 15 is 0 Å². The number of methoxy groups -OCH3 is 1. The highest BCUT2D eigenvalue weighted by Crippen LogP contribution is 2.21. The number of aromatic nitrogens is 2. The number of hydrogen-bond acceptors (Lipinski definition) is 4. The highest BCUT2D eigenvalue weighted by molar-refractivity contribution is 5.99. The molecule has 19 heavy (non-hydrogen) atoms. The van der Waals surface area contributed by atoms with Crippen LogP contribution in [0.1, 0.15) is 16.2 Å². The van der Waals surface area contributed by atoms with Gasteiger partial charge in [-0.05, 0) is 12.1 Å². The number of carbonyl (C=O) groups is 1. The summed E-state index contributed by atoms with van der Waals surface area (Å²) in [5.41, 5.74) is 6.71. The van der Waals surface area contributed by atoms with Gasteiger partial charge in [0.15, 0.2) is 0 Å². The van der Waals surface area contributed by atoms with E-state index in [1.807, 2.05) is 0 Å². The third kappa shape index (κ3) is 2.85. The molecule has 2 rings (SSSR count). The van der Waals surface area contributed by atoms with Crippen LogP contribution in [0.5, 0.6) is 5.75 Å². The highest BCUT2D eigenvalue weighted by Gasteiger charge is 2.16. The minimum atomic E-state index is -0.156. The fourth-order valence-electron chi connectivity index (χ4n) is 1.75. The summed E-state index contributed by atoms with van der Waals surface area (Å²) in [5.74, 6) is 1.20. The van der Waals surface area contributed by atoms with Crippen molar-refractivity contribution in [3.05, 3.63) is 42.0 Å². The normalized spacial score (nSPS) is 10.2. The molecular weight excluding hydrogens is 244 g/mol. The van der Waals surface area contributed by atoms with Crippen molar-refractivity contribution < 1.29 is 9.53 Å². The first kappa shape index (κ1) is 12.9. The fraction of sp³-hybridized carbons (Fsp3) is 0.231. The molecule has 0 aliphatic carbocycles. The molecule has 0 bridgehead atoms. The van der Waals surface area contributed by atoms with E-state index in [1.54, 1.807) is 49.7 Å². The number of anilines is 1. The van der Waals surface area contributed by atoms with Gasteiger partial charge in [0, 0.05) is 31.2 Å². The molecule has 1 aromatic carbocycles. The van der Waals surface area contributed by atoms with Crippen molar-refractivity contribution in [2.75, 3.05) is 19.9 Å². The van der Waals surface area contributed by atoms with Crippen LogP contribution in [-0.2, 0) is 6.54 Å². The molecule has 1 aromatic heterocycles. The summed E-state index contributed by atoms with van der Waals surface area (Å²) >= 11 is 0. The summed E-state index contributed by atoms with van der Waals surface area (Å²) in [6.45, 7) is 0.400. The molecule has 0 saturated heterocycles. The lowest BCUT2D eigenvalue weighted by atomic mass is 10.1. The highest BCUT2D eigenvalue weighted by atomic mass is 16.5. The molecule has 1 amide bonds. The van der Waals surface area contributed by atoms with E-state index in [2.05, 4.69) is 9.97 Å². The Morgan fingerprint density at radius 1 is 1.53 bits per heavy atom. The molecule has 0 unspecified atom stereocenters. The lowest BCUT2D eigenvalue weighted by molar-refractivity contribution is 0.0783. The number of nitrogen functional groups attached to an aromatic ring is 1. The van der Waals surface area contributed by atoms with Crippen LogP contribution in [0.15, 0.2) is 30.6 Å². The molecule has 2 aromatic rings. The van der Waals surface area contributed by atoms with E-state index in [1.165, 1.54) is 0 Å². The third-order valence-electron chi connectivity index (χ3n) is 2.78. The number of carbonyl (C=O) groups excluding carboxylic acids is 1. The monoisotopic (exact) mass is 260 g/mol. The summed E-state index contributed by atoms with van der Waals surface area (Å²) in [6, 6.07) is 5.01. The Labute approximate surface area is 111 Å². The van der Waals surface area contributed by atoms with Gasteiger partial charge in [-0.25, -0.2) is 4.98 Å². The lowest BCUT2D eigenvalue weighted by Crippen LogP contribution is -2.27. The number of amides is 1. The average molecular weight is 260 g/mol. The second kappa shape index (κ2) is 5.43. The zero-order valence-corrected chi connectivity index (χ0v) is 10.9. The maximum atomic E-state index is 12.3. The zero-order chi connectivity index (χ0) is 13.8. The summed E-state index contributed by atoms with van der Waals surface area (Å²) in [7, 11) is 3.26. The van der Waals surface area contributed by atoms with Gasteiger partial charge in [0.05, 0.1) is 19.2 Å². The molecule has 0 fully saturated rings. The smallest absolute Gasteiger partial charge is 0.256 e. The van der Waals surface area contributed by atoms with Crippen LogP contribution in [0.4, 0.5) is 5.69 Å². The van der Waals surface area contributed by atoms with Crippen LogP contribution >= 0.6 is 0 Å². The minimum Gasteiger partial charge on any atom is -0.497 e. The summed E-state index contributed by atoms with van der Waals surface area (Å²) in [4.78, 5) is 20.8. The van der Waals surface area contributed by atoms with Crippen LogP contribution in [0, 0.1) is 0 Å². The first-order chi connectivity index (χ1) is 9.11. The number of rotatable bonds is 4. The van der Waals surface area contributed by atoms with Crippen LogP contribution in [0.3, 0.4) is 0 Å². The zero-order valence-electron chi connectivity index (χ0n) is 10.9. The number of nitrogens with two attached hydrogens (primary N) is 1. The van der Waals surface area contributed by atoms with Crippen molar-refractivity contribution in [1.82, 2.24) is 14.9 Å². The Morgan fingerprint density at radius 3 is 2.89 bits per heavy atom. The molecule has 6 heteroatoms. The number of benzene rings is 1. The van der Waals surface area contributed by atoms with E-state index in [9.17, 15) is 4.79 Å². The quantitative estimate of drug-likeness (QED) is 0.811. The molecule has 0 aliphatic rings. The van der Waals surface area contributed by atoms with Gasteiger partial charge < -0.3 is 20.4 Å².